The van der Waals surface area contributed by atoms with Crippen LogP contribution in [0, 0.1) is 25.6 Å². The average Bonchev–Trinajstić information content (AvgIpc) is 3.45. The molecule has 190 valence electrons. The summed E-state index contributed by atoms with van der Waals surface area (Å²) >= 11 is 1.35. The van der Waals surface area contributed by atoms with Gasteiger partial charge in [0.1, 0.15) is 5.82 Å². The van der Waals surface area contributed by atoms with Gasteiger partial charge in [-0.25, -0.2) is 22.5 Å². The van der Waals surface area contributed by atoms with Crippen LogP contribution in [-0.2, 0) is 10.0 Å². The van der Waals surface area contributed by atoms with E-state index in [1.54, 1.807) is 26.5 Å². The van der Waals surface area contributed by atoms with Gasteiger partial charge in [-0.05, 0) is 67.3 Å². The highest BCUT2D eigenvalue weighted by Crippen LogP contribution is 2.34. The number of aromatic nitrogens is 3. The summed E-state index contributed by atoms with van der Waals surface area (Å²) < 4.78 is 43.6. The van der Waals surface area contributed by atoms with E-state index >= 15 is 0 Å². The molecular formula is C26H30FN5O2S2. The number of hydrogen-bond acceptors (Lipinski definition) is 6. The molecule has 5 rings (SSSR count). The molecule has 0 aliphatic carbocycles. The van der Waals surface area contributed by atoms with Crippen molar-refractivity contribution in [2.24, 2.45) is 5.92 Å². The first-order chi connectivity index (χ1) is 17.1. The van der Waals surface area contributed by atoms with E-state index in [2.05, 4.69) is 47.9 Å². The number of rotatable bonds is 6. The zero-order valence-corrected chi connectivity index (χ0v) is 22.5. The summed E-state index contributed by atoms with van der Waals surface area (Å²) in [7, 11) is -3.67. The first-order valence-corrected chi connectivity index (χ1v) is 14.4. The molecule has 3 heterocycles. The summed E-state index contributed by atoms with van der Waals surface area (Å²) in [6.07, 6.45) is 1.81. The third-order valence-electron chi connectivity index (χ3n) is 6.64. The van der Waals surface area contributed by atoms with Crippen molar-refractivity contribution in [2.45, 2.75) is 38.8 Å². The molecule has 7 nitrogen and oxygen atoms in total. The van der Waals surface area contributed by atoms with Crippen LogP contribution in [0.1, 0.15) is 36.0 Å². The molecule has 1 fully saturated rings. The van der Waals surface area contributed by atoms with Crippen LogP contribution in [0.25, 0.3) is 16.6 Å². The van der Waals surface area contributed by atoms with Gasteiger partial charge in [0.15, 0.2) is 5.03 Å². The second-order valence-corrected chi connectivity index (χ2v) is 12.7. The van der Waals surface area contributed by atoms with Crippen molar-refractivity contribution in [1.82, 2.24) is 24.0 Å². The van der Waals surface area contributed by atoms with Crippen LogP contribution in [0.4, 0.5) is 4.39 Å². The van der Waals surface area contributed by atoms with Crippen molar-refractivity contribution in [3.8, 4) is 5.69 Å². The third-order valence-corrected chi connectivity index (χ3v) is 9.31. The lowest BCUT2D eigenvalue weighted by molar-refractivity contribution is 0.105. The van der Waals surface area contributed by atoms with Gasteiger partial charge < -0.3 is 0 Å². The molecule has 0 spiro atoms. The minimum Gasteiger partial charge on any atom is -0.293 e. The fourth-order valence-corrected chi connectivity index (χ4v) is 7.27. The van der Waals surface area contributed by atoms with Crippen molar-refractivity contribution in [3.63, 3.8) is 0 Å². The summed E-state index contributed by atoms with van der Waals surface area (Å²) in [5.74, 6) is 0.158. The first kappa shape index (κ1) is 25.0. The number of thiazole rings is 1. The number of sulfonamides is 1. The average molecular weight is 528 g/mol. The number of halogens is 1. The number of piperazine rings is 1. The Kier molecular flexibility index (Phi) is 6.71. The van der Waals surface area contributed by atoms with Gasteiger partial charge in [-0.2, -0.15) is 9.40 Å². The highest BCUT2D eigenvalue weighted by molar-refractivity contribution is 7.89. The number of hydrogen-bond donors (Lipinski definition) is 0. The molecule has 36 heavy (non-hydrogen) atoms. The van der Waals surface area contributed by atoms with Crippen molar-refractivity contribution >= 4 is 32.3 Å². The van der Waals surface area contributed by atoms with Gasteiger partial charge in [0.25, 0.3) is 10.0 Å². The van der Waals surface area contributed by atoms with Crippen LogP contribution < -0.4 is 0 Å². The minimum atomic E-state index is -3.67. The third kappa shape index (κ3) is 4.70. The standard InChI is InChI=1S/C26H30FN5O2S2/c1-17(2)14-30-9-10-31(36(33,34)26-16-35-19(4)29-26)15-25(30)23-12-20-13-28-32(24(20)11-18(23)3)22-7-5-21(27)6-8-22/h5-8,11-13,16-17,25H,9-10,14-15H2,1-4H3/t25-/m0/s1. The molecule has 1 aliphatic heterocycles. The number of benzene rings is 2. The molecule has 0 amide bonds. The van der Waals surface area contributed by atoms with E-state index in [9.17, 15) is 12.8 Å². The summed E-state index contributed by atoms with van der Waals surface area (Å²) in [6, 6.07) is 10.4. The Morgan fingerprint density at radius 3 is 2.56 bits per heavy atom. The lowest BCUT2D eigenvalue weighted by Gasteiger charge is -2.42. The van der Waals surface area contributed by atoms with Gasteiger partial charge in [0.2, 0.25) is 0 Å². The quantitative estimate of drug-likeness (QED) is 0.355. The smallest absolute Gasteiger partial charge is 0.261 e. The summed E-state index contributed by atoms with van der Waals surface area (Å²) in [6.45, 7) is 10.6. The zero-order valence-electron chi connectivity index (χ0n) is 20.8. The van der Waals surface area contributed by atoms with Crippen molar-refractivity contribution in [1.29, 1.82) is 0 Å². The Hall–Kier alpha value is -2.66. The molecule has 0 unspecified atom stereocenters. The van der Waals surface area contributed by atoms with E-state index in [-0.39, 0.29) is 16.9 Å². The maximum absolute atomic E-state index is 13.4. The van der Waals surface area contributed by atoms with Gasteiger partial charge in [-0.3, -0.25) is 4.90 Å². The first-order valence-electron chi connectivity index (χ1n) is 12.0. The monoisotopic (exact) mass is 527 g/mol. The van der Waals surface area contributed by atoms with Crippen molar-refractivity contribution < 1.29 is 12.8 Å². The predicted molar refractivity (Wildman–Crippen MR) is 141 cm³/mol. The Bertz CT molecular complexity index is 1490. The van der Waals surface area contributed by atoms with E-state index in [1.807, 2.05) is 13.1 Å². The zero-order chi connectivity index (χ0) is 25.6. The molecule has 10 heteroatoms. The van der Waals surface area contributed by atoms with Gasteiger partial charge in [-0.15, -0.1) is 11.3 Å². The van der Waals surface area contributed by atoms with Gasteiger partial charge in [0.05, 0.1) is 22.4 Å². The maximum Gasteiger partial charge on any atom is 0.261 e. The van der Waals surface area contributed by atoms with Crippen molar-refractivity contribution in [3.05, 3.63) is 69.9 Å². The molecule has 2 aromatic heterocycles. The summed E-state index contributed by atoms with van der Waals surface area (Å²) in [5.41, 5.74) is 3.87. The molecule has 1 atom stereocenters. The minimum absolute atomic E-state index is 0.0887. The Morgan fingerprint density at radius 1 is 1.14 bits per heavy atom. The van der Waals surface area contributed by atoms with E-state index in [0.29, 0.717) is 25.6 Å². The van der Waals surface area contributed by atoms with Crippen LogP contribution in [0.15, 0.2) is 53.0 Å². The van der Waals surface area contributed by atoms with Crippen LogP contribution in [0.2, 0.25) is 0 Å². The van der Waals surface area contributed by atoms with Gasteiger partial charge in [-0.1, -0.05) is 13.8 Å². The highest BCUT2D eigenvalue weighted by Gasteiger charge is 2.37. The molecule has 1 saturated heterocycles. The maximum atomic E-state index is 13.4. The second kappa shape index (κ2) is 9.66. The fraction of sp³-hybridized carbons (Fsp3) is 0.385. The van der Waals surface area contributed by atoms with Crippen LogP contribution in [-0.4, -0.2) is 58.6 Å². The molecule has 0 radical (unpaired) electrons. The highest BCUT2D eigenvalue weighted by atomic mass is 32.2. The molecule has 1 aliphatic rings. The summed E-state index contributed by atoms with van der Waals surface area (Å²) in [5, 5.41) is 8.01. The molecule has 0 saturated carbocycles. The Morgan fingerprint density at radius 2 is 1.89 bits per heavy atom. The molecular weight excluding hydrogens is 497 g/mol. The molecule has 0 bridgehead atoms. The Balaban J connectivity index is 1.53. The van der Waals surface area contributed by atoms with E-state index in [0.717, 1.165) is 39.3 Å². The van der Waals surface area contributed by atoms with Gasteiger partial charge >= 0.3 is 0 Å². The van der Waals surface area contributed by atoms with E-state index in [4.69, 9.17) is 0 Å². The van der Waals surface area contributed by atoms with E-state index in [1.165, 1.54) is 23.5 Å². The van der Waals surface area contributed by atoms with Crippen molar-refractivity contribution in [2.75, 3.05) is 26.2 Å². The predicted octanol–water partition coefficient (Wildman–Crippen LogP) is 4.94. The fourth-order valence-electron chi connectivity index (χ4n) is 4.93. The second-order valence-electron chi connectivity index (χ2n) is 9.77. The van der Waals surface area contributed by atoms with Crippen LogP contribution >= 0.6 is 11.3 Å². The molecule has 4 aromatic rings. The number of nitrogens with zero attached hydrogens (tertiary/aromatic N) is 5. The SMILES string of the molecule is Cc1nc(S(=O)(=O)N2CCN(CC(C)C)[C@H](c3cc4cnn(-c5ccc(F)cc5)c4cc3C)C2)cs1. The van der Waals surface area contributed by atoms with E-state index < -0.39 is 10.0 Å². The lowest BCUT2D eigenvalue weighted by atomic mass is 9.96. The van der Waals surface area contributed by atoms with Crippen LogP contribution in [0.5, 0.6) is 0 Å². The van der Waals surface area contributed by atoms with Gasteiger partial charge in [0, 0.05) is 43.0 Å². The molecule has 0 N–H and O–H groups in total. The normalized spacial score (nSPS) is 17.9. The number of aryl methyl sites for hydroxylation is 2. The van der Waals surface area contributed by atoms with Crippen LogP contribution in [0.3, 0.4) is 0 Å². The lowest BCUT2D eigenvalue weighted by Crippen LogP contribution is -2.51. The Labute approximate surface area is 215 Å². The largest absolute Gasteiger partial charge is 0.293 e. The summed E-state index contributed by atoms with van der Waals surface area (Å²) in [4.78, 5) is 6.65. The topological polar surface area (TPSA) is 71.3 Å². The molecule has 2 aromatic carbocycles. The number of fused-ring (bicyclic) bond motifs is 1.